The van der Waals surface area contributed by atoms with Crippen LogP contribution >= 0.6 is 11.6 Å². The molecule has 1 fully saturated rings. The molecule has 2 aromatic rings. The van der Waals surface area contributed by atoms with Crippen molar-refractivity contribution >= 4 is 34.4 Å². The molecule has 0 bridgehead atoms. The summed E-state index contributed by atoms with van der Waals surface area (Å²) in [5.41, 5.74) is 5.72. The Bertz CT molecular complexity index is 710. The topological polar surface area (TPSA) is 76.5 Å². The lowest BCUT2D eigenvalue weighted by atomic mass is 10.1. The Morgan fingerprint density at radius 1 is 1.43 bits per heavy atom. The fourth-order valence-electron chi connectivity index (χ4n) is 2.76. The molecule has 0 spiro atoms. The van der Waals surface area contributed by atoms with Gasteiger partial charge in [0, 0.05) is 24.9 Å². The van der Waals surface area contributed by atoms with Crippen LogP contribution in [0, 0.1) is 5.92 Å². The summed E-state index contributed by atoms with van der Waals surface area (Å²) in [5.74, 6) is -0.0868. The number of carbonyl (C=O) groups excluding carboxylic acids is 2. The van der Waals surface area contributed by atoms with Gasteiger partial charge in [-0.05, 0) is 24.5 Å². The number of hydrogen-bond acceptors (Lipinski definition) is 3. The predicted molar refractivity (Wildman–Crippen MR) is 79.0 cm³/mol. The second-order valence-electron chi connectivity index (χ2n) is 5.35. The van der Waals surface area contributed by atoms with Crippen LogP contribution in [0.3, 0.4) is 0 Å². The van der Waals surface area contributed by atoms with Crippen LogP contribution in [-0.4, -0.2) is 29.8 Å². The average molecular weight is 307 g/mol. The molecule has 0 aliphatic carbocycles. The van der Waals surface area contributed by atoms with Crippen molar-refractivity contribution in [2.24, 2.45) is 11.7 Å². The van der Waals surface area contributed by atoms with Gasteiger partial charge in [-0.2, -0.15) is 0 Å². The highest BCUT2D eigenvalue weighted by Crippen LogP contribution is 2.28. The molecule has 1 saturated heterocycles. The quantitative estimate of drug-likeness (QED) is 0.946. The first-order valence-corrected chi connectivity index (χ1v) is 7.18. The van der Waals surface area contributed by atoms with Gasteiger partial charge in [-0.1, -0.05) is 23.7 Å². The van der Waals surface area contributed by atoms with Gasteiger partial charge >= 0.3 is 0 Å². The maximum atomic E-state index is 12.4. The maximum absolute atomic E-state index is 12.4. The van der Waals surface area contributed by atoms with Gasteiger partial charge in [0.15, 0.2) is 11.3 Å². The summed E-state index contributed by atoms with van der Waals surface area (Å²) in [6.45, 7) is 1.15. The molecule has 2 heterocycles. The highest BCUT2D eigenvalue weighted by molar-refractivity contribution is 6.34. The third kappa shape index (κ3) is 2.74. The van der Waals surface area contributed by atoms with Crippen molar-refractivity contribution in [1.29, 1.82) is 0 Å². The Morgan fingerprint density at radius 3 is 2.95 bits per heavy atom. The van der Waals surface area contributed by atoms with Crippen LogP contribution in [0.1, 0.15) is 23.4 Å². The van der Waals surface area contributed by atoms with E-state index in [2.05, 4.69) is 0 Å². The Morgan fingerprint density at radius 2 is 2.24 bits per heavy atom. The lowest BCUT2D eigenvalue weighted by Gasteiger charge is -2.14. The van der Waals surface area contributed by atoms with E-state index in [9.17, 15) is 9.59 Å². The zero-order valence-electron chi connectivity index (χ0n) is 11.3. The molecule has 3 rings (SSSR count). The van der Waals surface area contributed by atoms with E-state index in [1.807, 2.05) is 12.1 Å². The van der Waals surface area contributed by atoms with E-state index in [4.69, 9.17) is 21.8 Å². The van der Waals surface area contributed by atoms with Gasteiger partial charge in [0.1, 0.15) is 0 Å². The molecule has 1 atom stereocenters. The number of nitrogens with two attached hydrogens (primary N) is 1. The number of amides is 2. The van der Waals surface area contributed by atoms with Crippen molar-refractivity contribution in [3.05, 3.63) is 35.0 Å². The van der Waals surface area contributed by atoms with E-state index in [1.54, 1.807) is 17.0 Å². The second-order valence-corrected chi connectivity index (χ2v) is 5.75. The van der Waals surface area contributed by atoms with E-state index in [0.29, 0.717) is 30.1 Å². The SMILES string of the molecule is NC(=O)CC1CCN(C(=O)c2cc3cccc(Cl)c3o2)C1. The monoisotopic (exact) mass is 306 g/mol. The van der Waals surface area contributed by atoms with Crippen LogP contribution in [0.15, 0.2) is 28.7 Å². The Labute approximate surface area is 126 Å². The van der Waals surface area contributed by atoms with Gasteiger partial charge in [-0.15, -0.1) is 0 Å². The number of para-hydroxylation sites is 1. The molecule has 0 radical (unpaired) electrons. The molecule has 5 nitrogen and oxygen atoms in total. The van der Waals surface area contributed by atoms with Crippen molar-refractivity contribution in [1.82, 2.24) is 4.90 Å². The molecule has 1 aliphatic rings. The minimum absolute atomic E-state index is 0.138. The van der Waals surface area contributed by atoms with Crippen molar-refractivity contribution in [2.75, 3.05) is 13.1 Å². The van der Waals surface area contributed by atoms with Crippen LogP contribution in [0.25, 0.3) is 11.0 Å². The molecule has 21 heavy (non-hydrogen) atoms. The highest BCUT2D eigenvalue weighted by Gasteiger charge is 2.29. The second kappa shape index (κ2) is 5.41. The summed E-state index contributed by atoms with van der Waals surface area (Å²) < 4.78 is 5.57. The molecule has 1 unspecified atom stereocenters. The van der Waals surface area contributed by atoms with E-state index in [1.165, 1.54) is 0 Å². The van der Waals surface area contributed by atoms with Crippen LogP contribution in [-0.2, 0) is 4.79 Å². The number of hydrogen-bond donors (Lipinski definition) is 1. The number of furan rings is 1. The van der Waals surface area contributed by atoms with Gasteiger partial charge in [0.05, 0.1) is 5.02 Å². The zero-order chi connectivity index (χ0) is 15.0. The molecule has 6 heteroatoms. The number of carbonyl (C=O) groups is 2. The summed E-state index contributed by atoms with van der Waals surface area (Å²) in [6.07, 6.45) is 1.10. The molecule has 0 saturated carbocycles. The minimum Gasteiger partial charge on any atom is -0.449 e. The molecule has 1 aromatic carbocycles. The van der Waals surface area contributed by atoms with Gasteiger partial charge in [-0.25, -0.2) is 0 Å². The van der Waals surface area contributed by atoms with Crippen molar-refractivity contribution in [3.63, 3.8) is 0 Å². The molecule has 110 valence electrons. The average Bonchev–Trinajstić information content (AvgIpc) is 3.04. The first-order chi connectivity index (χ1) is 10.0. The number of likely N-dealkylation sites (tertiary alicyclic amines) is 1. The highest BCUT2D eigenvalue weighted by atomic mass is 35.5. The van der Waals surface area contributed by atoms with Crippen LogP contribution in [0.5, 0.6) is 0 Å². The summed E-state index contributed by atoms with van der Waals surface area (Å²) in [6, 6.07) is 7.08. The van der Waals surface area contributed by atoms with E-state index in [0.717, 1.165) is 11.8 Å². The Balaban J connectivity index is 1.78. The number of nitrogens with zero attached hydrogens (tertiary/aromatic N) is 1. The molecule has 2 amide bonds. The summed E-state index contributed by atoms with van der Waals surface area (Å²) in [5, 5.41) is 1.29. The fraction of sp³-hybridized carbons (Fsp3) is 0.333. The first-order valence-electron chi connectivity index (χ1n) is 6.80. The molecule has 1 aliphatic heterocycles. The van der Waals surface area contributed by atoms with Crippen molar-refractivity contribution in [3.8, 4) is 0 Å². The summed E-state index contributed by atoms with van der Waals surface area (Å²) in [4.78, 5) is 25.1. The van der Waals surface area contributed by atoms with Crippen LogP contribution < -0.4 is 5.73 Å². The van der Waals surface area contributed by atoms with Gasteiger partial charge in [0.2, 0.25) is 5.91 Å². The van der Waals surface area contributed by atoms with E-state index < -0.39 is 0 Å². The number of fused-ring (bicyclic) bond motifs is 1. The summed E-state index contributed by atoms with van der Waals surface area (Å²) in [7, 11) is 0. The summed E-state index contributed by atoms with van der Waals surface area (Å²) >= 11 is 6.05. The van der Waals surface area contributed by atoms with Crippen LogP contribution in [0.4, 0.5) is 0 Å². The normalized spacial score (nSPS) is 18.3. The molecule has 2 N–H and O–H groups in total. The smallest absolute Gasteiger partial charge is 0.289 e. The molecule has 1 aromatic heterocycles. The van der Waals surface area contributed by atoms with Crippen LogP contribution in [0.2, 0.25) is 5.02 Å². The number of halogens is 1. The number of benzene rings is 1. The molecular weight excluding hydrogens is 292 g/mol. The Kier molecular flexibility index (Phi) is 3.59. The third-order valence-corrected chi connectivity index (χ3v) is 4.07. The van der Waals surface area contributed by atoms with Crippen molar-refractivity contribution in [2.45, 2.75) is 12.8 Å². The van der Waals surface area contributed by atoms with E-state index >= 15 is 0 Å². The lowest BCUT2D eigenvalue weighted by Crippen LogP contribution is -2.29. The zero-order valence-corrected chi connectivity index (χ0v) is 12.1. The first kappa shape index (κ1) is 13.9. The maximum Gasteiger partial charge on any atom is 0.289 e. The van der Waals surface area contributed by atoms with Gasteiger partial charge in [0.25, 0.3) is 5.91 Å². The van der Waals surface area contributed by atoms with Gasteiger partial charge < -0.3 is 15.1 Å². The molecular formula is C15H15ClN2O3. The Hall–Kier alpha value is -2.01. The standard InChI is InChI=1S/C15H15ClN2O3/c16-11-3-1-2-10-7-12(21-14(10)11)15(20)18-5-4-9(8-18)6-13(17)19/h1-3,7,9H,4-6,8H2,(H2,17,19). The predicted octanol–water partition coefficient (Wildman–Crippen LogP) is 2.42. The largest absolute Gasteiger partial charge is 0.449 e. The van der Waals surface area contributed by atoms with E-state index in [-0.39, 0.29) is 23.5 Å². The minimum atomic E-state index is -0.329. The number of rotatable bonds is 3. The van der Waals surface area contributed by atoms with Gasteiger partial charge in [-0.3, -0.25) is 9.59 Å². The fourth-order valence-corrected chi connectivity index (χ4v) is 2.98. The third-order valence-electron chi connectivity index (χ3n) is 3.77. The van der Waals surface area contributed by atoms with Crippen molar-refractivity contribution < 1.29 is 14.0 Å². The number of primary amides is 1. The lowest BCUT2D eigenvalue weighted by molar-refractivity contribution is -0.118.